The predicted octanol–water partition coefficient (Wildman–Crippen LogP) is 2.95. The minimum Gasteiger partial charge on any atom is -0.342 e. The summed E-state index contributed by atoms with van der Waals surface area (Å²) in [5, 5.41) is 25.1. The lowest BCUT2D eigenvalue weighted by atomic mass is 10.2. The van der Waals surface area contributed by atoms with Crippen molar-refractivity contribution in [2.45, 2.75) is 18.1 Å². The molecule has 160 valence electrons. The Bertz CT molecular complexity index is 1100. The highest BCUT2D eigenvalue weighted by atomic mass is 32.2. The monoisotopic (exact) mass is 440 g/mol. The Morgan fingerprint density at radius 3 is 2.52 bits per heavy atom. The van der Waals surface area contributed by atoms with Gasteiger partial charge in [0.2, 0.25) is 5.91 Å². The van der Waals surface area contributed by atoms with Gasteiger partial charge >= 0.3 is 0 Å². The van der Waals surface area contributed by atoms with Crippen LogP contribution in [0.2, 0.25) is 0 Å². The van der Waals surface area contributed by atoms with E-state index in [0.717, 1.165) is 11.8 Å². The minimum atomic E-state index is -0.553. The third-order valence-electron chi connectivity index (χ3n) is 4.35. The molecule has 0 aliphatic heterocycles. The normalized spacial score (nSPS) is 11.5. The van der Waals surface area contributed by atoms with Gasteiger partial charge < -0.3 is 15.2 Å². The van der Waals surface area contributed by atoms with E-state index < -0.39 is 16.9 Å². The summed E-state index contributed by atoms with van der Waals surface area (Å²) in [6.07, 6.45) is 0. The van der Waals surface area contributed by atoms with Gasteiger partial charge in [0.1, 0.15) is 5.69 Å². The van der Waals surface area contributed by atoms with Crippen molar-refractivity contribution in [3.8, 4) is 0 Å². The van der Waals surface area contributed by atoms with Crippen molar-refractivity contribution in [1.29, 1.82) is 0 Å². The van der Waals surface area contributed by atoms with Crippen LogP contribution in [0.25, 0.3) is 0 Å². The number of nitrogens with one attached hydrogen (secondary N) is 2. The smallest absolute Gasteiger partial charge is 0.292 e. The first-order chi connectivity index (χ1) is 14.9. The molecule has 2 N–H and O–H groups in total. The second kappa shape index (κ2) is 9.85. The molecule has 3 aromatic rings. The van der Waals surface area contributed by atoms with E-state index in [1.54, 1.807) is 48.9 Å². The molecule has 3 rings (SSSR count). The van der Waals surface area contributed by atoms with Crippen LogP contribution < -0.4 is 10.6 Å². The molecule has 2 amide bonds. The molecule has 0 saturated carbocycles. The van der Waals surface area contributed by atoms with Gasteiger partial charge in [0.15, 0.2) is 11.0 Å². The predicted molar refractivity (Wildman–Crippen MR) is 116 cm³/mol. The number of nitro groups is 1. The van der Waals surface area contributed by atoms with Crippen LogP contribution >= 0.6 is 11.8 Å². The zero-order valence-corrected chi connectivity index (χ0v) is 17.6. The Morgan fingerprint density at radius 1 is 1.13 bits per heavy atom. The van der Waals surface area contributed by atoms with E-state index in [9.17, 15) is 19.7 Å². The lowest BCUT2D eigenvalue weighted by Crippen LogP contribution is -2.28. The topological polar surface area (TPSA) is 132 Å². The maximum absolute atomic E-state index is 12.3. The van der Waals surface area contributed by atoms with Crippen LogP contribution in [0, 0.1) is 10.1 Å². The molecule has 0 aliphatic carbocycles. The molecule has 1 atom stereocenters. The van der Waals surface area contributed by atoms with Crippen molar-refractivity contribution in [3.05, 3.63) is 76.1 Å². The first-order valence-corrected chi connectivity index (χ1v) is 10.3. The van der Waals surface area contributed by atoms with E-state index in [2.05, 4.69) is 20.8 Å². The average molecular weight is 440 g/mol. The van der Waals surface area contributed by atoms with Gasteiger partial charge in [-0.25, -0.2) is 0 Å². The average Bonchev–Trinajstić information content (AvgIpc) is 3.13. The molecule has 0 radical (unpaired) electrons. The number of anilines is 1. The van der Waals surface area contributed by atoms with Crippen LogP contribution in [0.1, 0.15) is 29.1 Å². The molecule has 0 spiro atoms. The highest BCUT2D eigenvalue weighted by molar-refractivity contribution is 7.99. The Morgan fingerprint density at radius 2 is 1.81 bits per heavy atom. The molecule has 31 heavy (non-hydrogen) atoms. The van der Waals surface area contributed by atoms with Crippen LogP contribution in [-0.4, -0.2) is 37.3 Å². The second-order valence-corrected chi connectivity index (χ2v) is 7.51. The number of hydrogen-bond donors (Lipinski definition) is 2. The quantitative estimate of drug-likeness (QED) is 0.313. The van der Waals surface area contributed by atoms with Crippen molar-refractivity contribution >= 4 is 35.0 Å². The Kier molecular flexibility index (Phi) is 6.98. The number of thioether (sulfide) groups is 1. The summed E-state index contributed by atoms with van der Waals surface area (Å²) in [5.41, 5.74) is 0.497. The molecule has 0 saturated heterocycles. The van der Waals surface area contributed by atoms with Gasteiger partial charge in [-0.15, -0.1) is 10.2 Å². The summed E-state index contributed by atoms with van der Waals surface area (Å²) < 4.78 is 1.69. The van der Waals surface area contributed by atoms with E-state index in [1.807, 2.05) is 6.07 Å². The zero-order valence-electron chi connectivity index (χ0n) is 16.8. The first kappa shape index (κ1) is 22.0. The molecule has 1 aromatic heterocycles. The molecule has 2 aromatic carbocycles. The molecule has 0 fully saturated rings. The number of para-hydroxylation sites is 2. The van der Waals surface area contributed by atoms with Crippen LogP contribution in [-0.2, 0) is 11.8 Å². The summed E-state index contributed by atoms with van der Waals surface area (Å²) >= 11 is 1.14. The zero-order chi connectivity index (χ0) is 22.4. The standard InChI is InChI=1S/C20H20N6O4S/c1-13(21-19(28)14-8-4-3-5-9-14)18-23-24-20(25(18)2)31-12-17(27)22-15-10-6-7-11-16(15)26(29)30/h3-11,13H,12H2,1-2H3,(H,21,28)(H,22,27)/t13-/m0/s1. The molecule has 0 unspecified atom stereocenters. The third kappa shape index (κ3) is 5.45. The van der Waals surface area contributed by atoms with Crippen molar-refractivity contribution in [1.82, 2.24) is 20.1 Å². The summed E-state index contributed by atoms with van der Waals surface area (Å²) in [6.45, 7) is 1.79. The van der Waals surface area contributed by atoms with E-state index in [4.69, 9.17) is 0 Å². The summed E-state index contributed by atoms with van der Waals surface area (Å²) in [4.78, 5) is 35.1. The SMILES string of the molecule is C[C@H](NC(=O)c1ccccc1)c1nnc(SCC(=O)Nc2ccccc2[N+](=O)[O-])n1C. The number of hydrogen-bond acceptors (Lipinski definition) is 7. The van der Waals surface area contributed by atoms with Crippen LogP contribution in [0.3, 0.4) is 0 Å². The molecule has 10 nitrogen and oxygen atoms in total. The Balaban J connectivity index is 1.59. The number of carbonyl (C=O) groups excluding carboxylic acids is 2. The third-order valence-corrected chi connectivity index (χ3v) is 5.37. The van der Waals surface area contributed by atoms with Crippen LogP contribution in [0.15, 0.2) is 59.8 Å². The number of carbonyl (C=O) groups is 2. The Labute approximate surface area is 182 Å². The lowest BCUT2D eigenvalue weighted by molar-refractivity contribution is -0.383. The highest BCUT2D eigenvalue weighted by Gasteiger charge is 2.20. The summed E-state index contributed by atoms with van der Waals surface area (Å²) in [6, 6.07) is 14.4. The fourth-order valence-electron chi connectivity index (χ4n) is 2.82. The molecule has 0 aliphatic rings. The van der Waals surface area contributed by atoms with Gasteiger partial charge in [0, 0.05) is 18.7 Å². The number of amides is 2. The summed E-state index contributed by atoms with van der Waals surface area (Å²) in [7, 11) is 1.74. The van der Waals surface area contributed by atoms with Crippen LogP contribution in [0.5, 0.6) is 0 Å². The molecule has 11 heteroatoms. The van der Waals surface area contributed by atoms with Crippen molar-refractivity contribution in [2.75, 3.05) is 11.1 Å². The van der Waals surface area contributed by atoms with Gasteiger partial charge in [-0.3, -0.25) is 19.7 Å². The maximum Gasteiger partial charge on any atom is 0.292 e. The largest absolute Gasteiger partial charge is 0.342 e. The minimum absolute atomic E-state index is 0.0111. The second-order valence-electron chi connectivity index (χ2n) is 6.57. The molecular formula is C20H20N6O4S. The number of nitrogens with zero attached hydrogens (tertiary/aromatic N) is 4. The lowest BCUT2D eigenvalue weighted by Gasteiger charge is -2.13. The number of rotatable bonds is 8. The molecular weight excluding hydrogens is 420 g/mol. The number of benzene rings is 2. The van der Waals surface area contributed by atoms with Gasteiger partial charge in [0.25, 0.3) is 11.6 Å². The first-order valence-electron chi connectivity index (χ1n) is 9.28. The van der Waals surface area contributed by atoms with E-state index in [0.29, 0.717) is 16.5 Å². The summed E-state index contributed by atoms with van der Waals surface area (Å²) in [5.74, 6) is -0.114. The molecule has 1 heterocycles. The van der Waals surface area contributed by atoms with Crippen molar-refractivity contribution in [3.63, 3.8) is 0 Å². The fourth-order valence-corrected chi connectivity index (χ4v) is 3.54. The maximum atomic E-state index is 12.3. The van der Waals surface area contributed by atoms with Gasteiger partial charge in [0.05, 0.1) is 16.7 Å². The van der Waals surface area contributed by atoms with E-state index >= 15 is 0 Å². The molecule has 0 bridgehead atoms. The number of nitro benzene ring substituents is 1. The van der Waals surface area contributed by atoms with Crippen LogP contribution in [0.4, 0.5) is 11.4 Å². The Hall–Kier alpha value is -3.73. The fraction of sp³-hybridized carbons (Fsp3) is 0.200. The van der Waals surface area contributed by atoms with Gasteiger partial charge in [-0.1, -0.05) is 42.1 Å². The van der Waals surface area contributed by atoms with Crippen molar-refractivity contribution in [2.24, 2.45) is 7.05 Å². The van der Waals surface area contributed by atoms with Gasteiger partial charge in [-0.2, -0.15) is 0 Å². The van der Waals surface area contributed by atoms with Crippen molar-refractivity contribution < 1.29 is 14.5 Å². The highest BCUT2D eigenvalue weighted by Crippen LogP contribution is 2.24. The van der Waals surface area contributed by atoms with Gasteiger partial charge in [-0.05, 0) is 25.1 Å². The van der Waals surface area contributed by atoms with E-state index in [-0.39, 0.29) is 23.0 Å². The van der Waals surface area contributed by atoms with E-state index in [1.165, 1.54) is 18.2 Å². The number of aromatic nitrogens is 3.